The van der Waals surface area contributed by atoms with Gasteiger partial charge in [0.1, 0.15) is 5.39 Å². The normalized spacial score (nSPS) is 11.4. The molecule has 5 aromatic rings. The number of aryl methyl sites for hydroxylation is 1. The monoisotopic (exact) mass is 342 g/mol. The predicted octanol–water partition coefficient (Wildman–Crippen LogP) is 2.87. The van der Waals surface area contributed by atoms with Crippen LogP contribution in [0.5, 0.6) is 0 Å². The van der Waals surface area contributed by atoms with Crippen molar-refractivity contribution in [1.29, 1.82) is 0 Å². The molecular weight excluding hydrogens is 328 g/mol. The van der Waals surface area contributed by atoms with Crippen LogP contribution in [0.1, 0.15) is 0 Å². The summed E-state index contributed by atoms with van der Waals surface area (Å²) in [5.41, 5.74) is 2.58. The third-order valence-electron chi connectivity index (χ3n) is 4.43. The maximum absolute atomic E-state index is 12.9. The molecule has 0 fully saturated rings. The van der Waals surface area contributed by atoms with Crippen molar-refractivity contribution < 1.29 is 0 Å². The van der Waals surface area contributed by atoms with Crippen LogP contribution < -0.4 is 10.9 Å². The molecule has 0 saturated carbocycles. The maximum Gasteiger partial charge on any atom is 0.283 e. The zero-order valence-electron chi connectivity index (χ0n) is 13.9. The smallest absolute Gasteiger partial charge is 0.283 e. The Balaban J connectivity index is 1.77. The molecule has 0 unspecified atom stereocenters. The fourth-order valence-corrected chi connectivity index (χ4v) is 3.18. The Bertz CT molecular complexity index is 1340. The van der Waals surface area contributed by atoms with Gasteiger partial charge in [0.25, 0.3) is 5.56 Å². The third kappa shape index (κ3) is 2.07. The van der Waals surface area contributed by atoms with Gasteiger partial charge in [-0.25, -0.2) is 9.97 Å². The summed E-state index contributed by atoms with van der Waals surface area (Å²) in [5.74, 6) is 0.403. The van der Waals surface area contributed by atoms with Crippen molar-refractivity contribution in [3.63, 3.8) is 0 Å². The van der Waals surface area contributed by atoms with Crippen LogP contribution in [0, 0.1) is 0 Å². The standard InChI is InChI=1S/C19H14N6O/c1-24-15-10-6-5-9-13(15)17-22-16-14(18(26)25(17)24)11-20-19(23-16)21-12-7-3-2-4-8-12/h2-11H,1H3,(H,20,21,23). The first kappa shape index (κ1) is 14.6. The SMILES string of the molecule is Cn1c2ccccc2c2nc3nc(Nc4ccccc4)ncc3c(=O)n21. The summed E-state index contributed by atoms with van der Waals surface area (Å²) in [7, 11) is 1.84. The number of rotatable bonds is 2. The number of nitrogens with zero attached hydrogens (tertiary/aromatic N) is 5. The molecule has 26 heavy (non-hydrogen) atoms. The molecule has 0 aliphatic heterocycles. The highest BCUT2D eigenvalue weighted by Gasteiger charge is 2.15. The van der Waals surface area contributed by atoms with Crippen molar-refractivity contribution in [2.75, 3.05) is 5.32 Å². The summed E-state index contributed by atoms with van der Waals surface area (Å²) >= 11 is 0. The van der Waals surface area contributed by atoms with Crippen molar-refractivity contribution in [2.45, 2.75) is 0 Å². The number of hydrogen-bond acceptors (Lipinski definition) is 5. The minimum absolute atomic E-state index is 0.185. The van der Waals surface area contributed by atoms with Gasteiger partial charge < -0.3 is 5.32 Å². The second kappa shape index (κ2) is 5.38. The highest BCUT2D eigenvalue weighted by atomic mass is 16.1. The van der Waals surface area contributed by atoms with Crippen LogP contribution >= 0.6 is 0 Å². The number of benzene rings is 2. The van der Waals surface area contributed by atoms with Crippen LogP contribution in [0.3, 0.4) is 0 Å². The van der Waals surface area contributed by atoms with E-state index in [-0.39, 0.29) is 5.56 Å². The quantitative estimate of drug-likeness (QED) is 0.534. The third-order valence-corrected chi connectivity index (χ3v) is 4.43. The fraction of sp³-hybridized carbons (Fsp3) is 0.0526. The zero-order valence-corrected chi connectivity index (χ0v) is 13.9. The molecule has 2 aromatic carbocycles. The summed E-state index contributed by atoms with van der Waals surface area (Å²) in [5, 5.41) is 4.42. The van der Waals surface area contributed by atoms with Crippen LogP contribution in [0.4, 0.5) is 11.6 Å². The molecule has 0 amide bonds. The van der Waals surface area contributed by atoms with E-state index in [1.165, 1.54) is 6.20 Å². The summed E-state index contributed by atoms with van der Waals surface area (Å²) in [6, 6.07) is 17.4. The lowest BCUT2D eigenvalue weighted by molar-refractivity contribution is 0.708. The predicted molar refractivity (Wildman–Crippen MR) is 101 cm³/mol. The zero-order chi connectivity index (χ0) is 17.7. The van der Waals surface area contributed by atoms with Gasteiger partial charge in [-0.05, 0) is 24.3 Å². The first-order chi connectivity index (χ1) is 12.7. The molecule has 0 spiro atoms. The highest BCUT2D eigenvalue weighted by molar-refractivity contribution is 5.94. The molecular formula is C19H14N6O. The molecule has 5 rings (SSSR count). The molecule has 7 nitrogen and oxygen atoms in total. The van der Waals surface area contributed by atoms with Gasteiger partial charge in [-0.1, -0.05) is 30.3 Å². The van der Waals surface area contributed by atoms with E-state index in [4.69, 9.17) is 0 Å². The summed E-state index contributed by atoms with van der Waals surface area (Å²) in [6.45, 7) is 0. The van der Waals surface area contributed by atoms with Gasteiger partial charge in [0.05, 0.1) is 5.52 Å². The summed E-state index contributed by atoms with van der Waals surface area (Å²) < 4.78 is 3.36. The molecule has 0 aliphatic rings. The Labute approximate surface area is 147 Å². The number of para-hydroxylation sites is 2. The van der Waals surface area contributed by atoms with E-state index in [1.807, 2.05) is 61.6 Å². The van der Waals surface area contributed by atoms with Crippen molar-refractivity contribution in [3.8, 4) is 0 Å². The number of fused-ring (bicyclic) bond motifs is 4. The van der Waals surface area contributed by atoms with Gasteiger partial charge in [0.2, 0.25) is 5.95 Å². The molecule has 0 radical (unpaired) electrons. The van der Waals surface area contributed by atoms with Crippen LogP contribution in [-0.2, 0) is 7.05 Å². The Morgan fingerprint density at radius 3 is 2.54 bits per heavy atom. The first-order valence-electron chi connectivity index (χ1n) is 8.18. The van der Waals surface area contributed by atoms with E-state index in [0.29, 0.717) is 22.6 Å². The van der Waals surface area contributed by atoms with Crippen LogP contribution in [0.2, 0.25) is 0 Å². The van der Waals surface area contributed by atoms with Gasteiger partial charge in [0, 0.05) is 24.3 Å². The van der Waals surface area contributed by atoms with Gasteiger partial charge in [-0.15, -0.1) is 0 Å². The lowest BCUT2D eigenvalue weighted by Crippen LogP contribution is -2.20. The van der Waals surface area contributed by atoms with Gasteiger partial charge in [-0.3, -0.25) is 9.48 Å². The van der Waals surface area contributed by atoms with Crippen LogP contribution in [0.25, 0.3) is 27.6 Å². The lowest BCUT2D eigenvalue weighted by atomic mass is 10.2. The van der Waals surface area contributed by atoms with E-state index in [9.17, 15) is 4.79 Å². The van der Waals surface area contributed by atoms with Gasteiger partial charge in [-0.2, -0.15) is 9.50 Å². The molecule has 7 heteroatoms. The molecule has 0 saturated heterocycles. The Kier molecular flexibility index (Phi) is 3.02. The summed E-state index contributed by atoms with van der Waals surface area (Å²) in [6.07, 6.45) is 1.52. The van der Waals surface area contributed by atoms with Crippen molar-refractivity contribution in [3.05, 3.63) is 71.1 Å². The maximum atomic E-state index is 12.9. The summed E-state index contributed by atoms with van der Waals surface area (Å²) in [4.78, 5) is 26.3. The molecule has 0 bridgehead atoms. The fourth-order valence-electron chi connectivity index (χ4n) is 3.18. The van der Waals surface area contributed by atoms with Crippen molar-refractivity contribution in [1.82, 2.24) is 24.1 Å². The van der Waals surface area contributed by atoms with Gasteiger partial charge >= 0.3 is 0 Å². The first-order valence-corrected chi connectivity index (χ1v) is 8.18. The average Bonchev–Trinajstić information content (AvgIpc) is 2.95. The Hall–Kier alpha value is -3.74. The van der Waals surface area contributed by atoms with Crippen LogP contribution in [-0.4, -0.2) is 24.1 Å². The van der Waals surface area contributed by atoms with E-state index in [2.05, 4.69) is 20.3 Å². The highest BCUT2D eigenvalue weighted by Crippen LogP contribution is 2.21. The molecule has 0 aliphatic carbocycles. The minimum Gasteiger partial charge on any atom is -0.324 e. The number of anilines is 2. The second-order valence-electron chi connectivity index (χ2n) is 6.02. The van der Waals surface area contributed by atoms with Gasteiger partial charge in [0.15, 0.2) is 11.3 Å². The van der Waals surface area contributed by atoms with E-state index < -0.39 is 0 Å². The second-order valence-corrected chi connectivity index (χ2v) is 6.02. The number of aromatic nitrogens is 5. The number of nitrogens with one attached hydrogen (secondary N) is 1. The topological polar surface area (TPSA) is 77.1 Å². The van der Waals surface area contributed by atoms with Crippen molar-refractivity contribution >= 4 is 39.2 Å². The number of hydrogen-bond donors (Lipinski definition) is 1. The minimum atomic E-state index is -0.185. The van der Waals surface area contributed by atoms with Crippen molar-refractivity contribution in [2.24, 2.45) is 7.05 Å². The van der Waals surface area contributed by atoms with E-state index >= 15 is 0 Å². The molecule has 3 aromatic heterocycles. The van der Waals surface area contributed by atoms with Crippen LogP contribution in [0.15, 0.2) is 65.6 Å². The Morgan fingerprint density at radius 1 is 0.923 bits per heavy atom. The molecule has 126 valence electrons. The molecule has 0 atom stereocenters. The Morgan fingerprint density at radius 2 is 1.69 bits per heavy atom. The molecule has 3 heterocycles. The van der Waals surface area contributed by atoms with E-state index in [0.717, 1.165) is 16.6 Å². The largest absolute Gasteiger partial charge is 0.324 e. The lowest BCUT2D eigenvalue weighted by Gasteiger charge is -2.06. The van der Waals surface area contributed by atoms with E-state index in [1.54, 1.807) is 9.20 Å². The average molecular weight is 342 g/mol. The molecule has 1 N–H and O–H groups in total.